The third-order valence-corrected chi connectivity index (χ3v) is 4.16. The van der Waals surface area contributed by atoms with Gasteiger partial charge in [0.15, 0.2) is 0 Å². The average molecular weight is 269 g/mol. The lowest BCUT2D eigenvalue weighted by Gasteiger charge is -2.38. The molecule has 0 atom stereocenters. The first-order valence-corrected chi connectivity index (χ1v) is 7.07. The van der Waals surface area contributed by atoms with Gasteiger partial charge in [0.25, 0.3) is 0 Å². The number of piperidine rings is 2. The van der Waals surface area contributed by atoms with Crippen molar-refractivity contribution in [1.82, 2.24) is 9.80 Å². The largest absolute Gasteiger partial charge is 0.481 e. The number of carbonyl (C=O) groups is 2. The molecular weight excluding hydrogens is 246 g/mol. The van der Waals surface area contributed by atoms with Crippen molar-refractivity contribution in [3.63, 3.8) is 0 Å². The molecule has 3 N–H and O–H groups in total. The molecular formula is C13H23N3O3. The van der Waals surface area contributed by atoms with Gasteiger partial charge in [-0.3, -0.25) is 4.79 Å². The van der Waals surface area contributed by atoms with Crippen LogP contribution in [0.15, 0.2) is 0 Å². The van der Waals surface area contributed by atoms with Crippen molar-refractivity contribution >= 4 is 12.0 Å². The number of amides is 2. The molecule has 0 aromatic heterocycles. The van der Waals surface area contributed by atoms with Crippen LogP contribution in [0.25, 0.3) is 0 Å². The fourth-order valence-electron chi connectivity index (χ4n) is 2.87. The number of hydrogen-bond donors (Lipinski definition) is 2. The summed E-state index contributed by atoms with van der Waals surface area (Å²) in [5.41, 5.74) is 5.83. The molecule has 2 amide bonds. The minimum Gasteiger partial charge on any atom is -0.481 e. The van der Waals surface area contributed by atoms with Crippen LogP contribution in [0.4, 0.5) is 4.79 Å². The molecule has 2 heterocycles. The Balaban J connectivity index is 1.77. The summed E-state index contributed by atoms with van der Waals surface area (Å²) in [4.78, 5) is 26.7. The summed E-state index contributed by atoms with van der Waals surface area (Å²) in [6, 6.07) is 0.325. The lowest BCUT2D eigenvalue weighted by molar-refractivity contribution is -0.138. The number of carbonyl (C=O) groups excluding carboxylic acids is 1. The van der Waals surface area contributed by atoms with Crippen LogP contribution in [0.1, 0.15) is 32.1 Å². The number of nitrogens with zero attached hydrogens (tertiary/aromatic N) is 2. The number of carboxylic acid groups (broad SMARTS) is 1. The summed E-state index contributed by atoms with van der Waals surface area (Å²) in [5, 5.41) is 8.77. The zero-order chi connectivity index (χ0) is 13.8. The van der Waals surface area contributed by atoms with Crippen molar-refractivity contribution in [2.75, 3.05) is 26.2 Å². The molecule has 0 spiro atoms. The summed E-state index contributed by atoms with van der Waals surface area (Å²) in [6.45, 7) is 2.85. The van der Waals surface area contributed by atoms with E-state index in [-0.39, 0.29) is 24.4 Å². The number of likely N-dealkylation sites (tertiary alicyclic amines) is 2. The van der Waals surface area contributed by atoms with Gasteiger partial charge >= 0.3 is 12.0 Å². The topological polar surface area (TPSA) is 86.9 Å². The molecule has 0 aromatic carbocycles. The van der Waals surface area contributed by atoms with Crippen molar-refractivity contribution in [2.24, 2.45) is 11.7 Å². The molecule has 108 valence electrons. The van der Waals surface area contributed by atoms with Gasteiger partial charge in [-0.25, -0.2) is 4.79 Å². The highest BCUT2D eigenvalue weighted by Gasteiger charge is 2.28. The van der Waals surface area contributed by atoms with Crippen LogP contribution < -0.4 is 5.73 Å². The summed E-state index contributed by atoms with van der Waals surface area (Å²) in [6.07, 6.45) is 3.57. The van der Waals surface area contributed by atoms with E-state index in [2.05, 4.69) is 0 Å². The van der Waals surface area contributed by atoms with Gasteiger partial charge in [0, 0.05) is 38.6 Å². The van der Waals surface area contributed by atoms with Crippen LogP contribution in [0.5, 0.6) is 0 Å². The molecule has 0 unspecified atom stereocenters. The normalized spacial score (nSPS) is 22.6. The van der Waals surface area contributed by atoms with Crippen molar-refractivity contribution in [3.8, 4) is 0 Å². The van der Waals surface area contributed by atoms with Crippen LogP contribution in [0, 0.1) is 5.92 Å². The molecule has 0 bridgehead atoms. The molecule has 0 radical (unpaired) electrons. The van der Waals surface area contributed by atoms with Crippen molar-refractivity contribution in [1.29, 1.82) is 0 Å². The third kappa shape index (κ3) is 3.83. The summed E-state index contributed by atoms with van der Waals surface area (Å²) >= 11 is 0. The zero-order valence-electron chi connectivity index (χ0n) is 11.3. The quantitative estimate of drug-likeness (QED) is 0.773. The third-order valence-electron chi connectivity index (χ3n) is 4.16. The van der Waals surface area contributed by atoms with E-state index in [9.17, 15) is 9.59 Å². The first kappa shape index (κ1) is 14.1. The second-order valence-electron chi connectivity index (χ2n) is 5.64. The SMILES string of the molecule is NC1CCN(C(=O)N2CCC(CC(=O)O)CC2)CC1. The van der Waals surface area contributed by atoms with Gasteiger partial charge in [0.1, 0.15) is 0 Å². The Bertz CT molecular complexity index is 332. The summed E-state index contributed by atoms with van der Waals surface area (Å²) in [7, 11) is 0. The van der Waals surface area contributed by atoms with Gasteiger partial charge in [-0.2, -0.15) is 0 Å². The van der Waals surface area contributed by atoms with Gasteiger partial charge in [-0.05, 0) is 31.6 Å². The monoisotopic (exact) mass is 269 g/mol. The van der Waals surface area contributed by atoms with Crippen molar-refractivity contribution in [3.05, 3.63) is 0 Å². The van der Waals surface area contributed by atoms with Gasteiger partial charge in [0.2, 0.25) is 0 Å². The van der Waals surface area contributed by atoms with Crippen LogP contribution >= 0.6 is 0 Å². The van der Waals surface area contributed by atoms with Crippen LogP contribution in [0.3, 0.4) is 0 Å². The minimum atomic E-state index is -0.741. The average Bonchev–Trinajstić information content (AvgIpc) is 2.39. The number of nitrogens with two attached hydrogens (primary N) is 1. The fourth-order valence-corrected chi connectivity index (χ4v) is 2.87. The number of carboxylic acids is 1. The zero-order valence-corrected chi connectivity index (χ0v) is 11.3. The fraction of sp³-hybridized carbons (Fsp3) is 0.846. The summed E-state index contributed by atoms with van der Waals surface area (Å²) < 4.78 is 0. The highest BCUT2D eigenvalue weighted by atomic mass is 16.4. The smallest absolute Gasteiger partial charge is 0.319 e. The Morgan fingerprint density at radius 2 is 1.47 bits per heavy atom. The predicted molar refractivity (Wildman–Crippen MR) is 70.7 cm³/mol. The van der Waals surface area contributed by atoms with E-state index in [0.717, 1.165) is 38.8 Å². The van der Waals surface area contributed by atoms with E-state index >= 15 is 0 Å². The molecule has 2 aliphatic rings. The number of aliphatic carboxylic acids is 1. The van der Waals surface area contributed by atoms with Crippen molar-refractivity contribution < 1.29 is 14.7 Å². The lowest BCUT2D eigenvalue weighted by atomic mass is 9.94. The van der Waals surface area contributed by atoms with E-state index in [1.807, 2.05) is 9.80 Å². The molecule has 0 aliphatic carbocycles. The molecule has 2 aliphatic heterocycles. The van der Waals surface area contributed by atoms with E-state index in [1.165, 1.54) is 0 Å². The maximum absolute atomic E-state index is 12.3. The molecule has 6 nitrogen and oxygen atoms in total. The van der Waals surface area contributed by atoms with Gasteiger partial charge in [-0.1, -0.05) is 0 Å². The molecule has 0 saturated carbocycles. The maximum Gasteiger partial charge on any atom is 0.319 e. The highest BCUT2D eigenvalue weighted by molar-refractivity contribution is 5.74. The predicted octanol–water partition coefficient (Wildman–Crippen LogP) is 0.716. The van der Waals surface area contributed by atoms with Crippen LogP contribution in [-0.2, 0) is 4.79 Å². The summed E-state index contributed by atoms with van der Waals surface area (Å²) in [5.74, 6) is -0.522. The van der Waals surface area contributed by atoms with Gasteiger partial charge in [-0.15, -0.1) is 0 Å². The van der Waals surface area contributed by atoms with E-state index in [0.29, 0.717) is 13.1 Å². The van der Waals surface area contributed by atoms with Crippen molar-refractivity contribution in [2.45, 2.75) is 38.1 Å². The Morgan fingerprint density at radius 1 is 1.00 bits per heavy atom. The standard InChI is InChI=1S/C13H23N3O3/c14-11-3-7-16(8-4-11)13(19)15-5-1-10(2-6-15)9-12(17)18/h10-11H,1-9,14H2,(H,17,18). The Hall–Kier alpha value is -1.30. The highest BCUT2D eigenvalue weighted by Crippen LogP contribution is 2.22. The molecule has 2 saturated heterocycles. The number of urea groups is 1. The first-order chi connectivity index (χ1) is 9.06. The Kier molecular flexibility index (Phi) is 4.63. The number of hydrogen-bond acceptors (Lipinski definition) is 3. The molecule has 2 fully saturated rings. The van der Waals surface area contributed by atoms with E-state index in [4.69, 9.17) is 10.8 Å². The van der Waals surface area contributed by atoms with Crippen LogP contribution in [-0.4, -0.2) is 59.1 Å². The van der Waals surface area contributed by atoms with Crippen LogP contribution in [0.2, 0.25) is 0 Å². The molecule has 2 rings (SSSR count). The minimum absolute atomic E-state index is 0.0978. The van der Waals surface area contributed by atoms with E-state index < -0.39 is 5.97 Å². The lowest BCUT2D eigenvalue weighted by Crippen LogP contribution is -2.50. The van der Waals surface area contributed by atoms with Gasteiger partial charge < -0.3 is 20.6 Å². The van der Waals surface area contributed by atoms with E-state index in [1.54, 1.807) is 0 Å². The molecule has 19 heavy (non-hydrogen) atoms. The van der Waals surface area contributed by atoms with Gasteiger partial charge in [0.05, 0.1) is 0 Å². The Morgan fingerprint density at radius 3 is 1.95 bits per heavy atom. The molecule has 6 heteroatoms. The Labute approximate surface area is 113 Å². The second-order valence-corrected chi connectivity index (χ2v) is 5.64. The first-order valence-electron chi connectivity index (χ1n) is 7.07. The number of rotatable bonds is 2. The maximum atomic E-state index is 12.3. The second kappa shape index (κ2) is 6.23. The molecule has 0 aromatic rings.